The zero-order chi connectivity index (χ0) is 6.00. The van der Waals surface area contributed by atoms with Gasteiger partial charge in [-0.2, -0.15) is 0 Å². The van der Waals surface area contributed by atoms with Gasteiger partial charge in [0.15, 0.2) is 0 Å². The Morgan fingerprint density at radius 2 is 0.833 bits per heavy atom. The van der Waals surface area contributed by atoms with E-state index in [1.54, 1.807) is 0 Å². The molecule has 0 radical (unpaired) electrons. The Balaban J connectivity index is -0.0000000225. The predicted octanol–water partition coefficient (Wildman–Crippen LogP) is -0.364. The summed E-state index contributed by atoms with van der Waals surface area (Å²) in [6.45, 7) is 0. The molecule has 34 valence electrons. The normalized spacial score (nSPS) is 1.83. The molecular weight excluding hydrogens is 331 g/mol. The fourth-order valence-electron chi connectivity index (χ4n) is 0. The first-order valence-electron chi connectivity index (χ1n) is 0.537. The van der Waals surface area contributed by atoms with E-state index in [1.165, 1.54) is 0 Å². The van der Waals surface area contributed by atoms with E-state index in [2.05, 4.69) is 0 Å². The third-order valence-electron chi connectivity index (χ3n) is 0. The van der Waals surface area contributed by atoms with Crippen LogP contribution >= 0.6 is 0 Å². The van der Waals surface area contributed by atoms with Crippen molar-refractivity contribution < 1.29 is 73.9 Å². The molecule has 0 aromatic rings. The molecule has 0 N–H and O–H groups in total. The standard InChI is InChI=1S/2Mo.3O.Zr. The van der Waals surface area contributed by atoms with Gasteiger partial charge in [-0.25, -0.2) is 0 Å². The van der Waals surface area contributed by atoms with Crippen LogP contribution in [0.1, 0.15) is 0 Å². The summed E-state index contributed by atoms with van der Waals surface area (Å²) in [5, 5.41) is 0. The molecule has 6 heteroatoms. The van der Waals surface area contributed by atoms with Gasteiger partial charge in [-0.15, -0.1) is 0 Å². The molecule has 0 aliphatic rings. The summed E-state index contributed by atoms with van der Waals surface area (Å²) < 4.78 is 24.9. The zero-order valence-electron chi connectivity index (χ0n) is 2.54. The zero-order valence-corrected chi connectivity index (χ0v) is 9.01. The quantitative estimate of drug-likeness (QED) is 0.570. The Morgan fingerprint density at radius 3 is 0.833 bits per heavy atom. The van der Waals surface area contributed by atoms with E-state index >= 15 is 0 Å². The fourth-order valence-corrected chi connectivity index (χ4v) is 0. The SMILES string of the molecule is [O]=[Mo].[O]=[Mo].[O]=[Zr]. The molecule has 0 heterocycles. The maximum atomic E-state index is 8.34. The van der Waals surface area contributed by atoms with Crippen molar-refractivity contribution in [3.63, 3.8) is 0 Å². The molecule has 0 amide bonds. The first-order valence-corrected chi connectivity index (χ1v) is 3.18. The van der Waals surface area contributed by atoms with Gasteiger partial charge in [0.25, 0.3) is 0 Å². The predicted molar refractivity (Wildman–Crippen MR) is 2.06 cm³/mol. The molecular formula is Mo2O3Zr. The molecule has 0 rings (SSSR count). The Labute approximate surface area is 73.0 Å². The number of rotatable bonds is 0. The summed E-state index contributed by atoms with van der Waals surface area (Å²) in [5.74, 6) is 0. The van der Waals surface area contributed by atoms with Crippen molar-refractivity contribution in [1.82, 2.24) is 0 Å². The van der Waals surface area contributed by atoms with Gasteiger partial charge in [0.05, 0.1) is 0 Å². The van der Waals surface area contributed by atoms with Crippen LogP contribution in [0.3, 0.4) is 0 Å². The average molecular weight is 331 g/mol. The van der Waals surface area contributed by atoms with Crippen LogP contribution in [0.2, 0.25) is 0 Å². The van der Waals surface area contributed by atoms with Crippen LogP contribution in [0, 0.1) is 0 Å². The molecule has 3 nitrogen and oxygen atoms in total. The Hall–Kier alpha value is 1.66. The van der Waals surface area contributed by atoms with E-state index < -0.39 is 0 Å². The summed E-state index contributed by atoms with van der Waals surface area (Å²) in [7, 11) is 0. The second kappa shape index (κ2) is 77.4. The monoisotopic (exact) mass is 334 g/mol. The molecule has 6 heavy (non-hydrogen) atoms. The molecule has 0 spiro atoms. The molecule has 0 atom stereocenters. The van der Waals surface area contributed by atoms with Crippen LogP contribution in [0.25, 0.3) is 0 Å². The second-order valence-corrected chi connectivity index (χ2v) is 0. The van der Waals surface area contributed by atoms with Gasteiger partial charge >= 0.3 is 73.9 Å². The Bertz CT molecular complexity index is 13.5. The van der Waals surface area contributed by atoms with Crippen molar-refractivity contribution in [2.24, 2.45) is 0 Å². The van der Waals surface area contributed by atoms with Gasteiger partial charge < -0.3 is 0 Å². The molecule has 0 aliphatic heterocycles. The number of hydrogen-bond donors (Lipinski definition) is 0. The van der Waals surface area contributed by atoms with Crippen LogP contribution in [-0.4, -0.2) is 0 Å². The first-order chi connectivity index (χ1) is 3.00. The molecule has 0 aromatic carbocycles. The number of hydrogen-bond acceptors (Lipinski definition) is 3. The van der Waals surface area contributed by atoms with Gasteiger partial charge in [-0.1, -0.05) is 0 Å². The molecule has 0 bridgehead atoms. The minimum absolute atomic E-state index is 0.300. The second-order valence-electron chi connectivity index (χ2n) is 0. The summed E-state index contributed by atoms with van der Waals surface area (Å²) in [6.07, 6.45) is 0. The van der Waals surface area contributed by atoms with Crippen LogP contribution < -0.4 is 0 Å². The van der Waals surface area contributed by atoms with E-state index in [1.807, 2.05) is 0 Å². The summed E-state index contributed by atoms with van der Waals surface area (Å²) in [4.78, 5) is 0. The van der Waals surface area contributed by atoms with E-state index in [0.717, 1.165) is 0 Å². The minimum atomic E-state index is 0.300. The molecule has 0 saturated carbocycles. The fraction of sp³-hybridized carbons (Fsp3) is 0. The topological polar surface area (TPSA) is 51.2 Å². The third kappa shape index (κ3) is 44.6. The summed E-state index contributed by atoms with van der Waals surface area (Å²) >= 11 is 1.70. The van der Waals surface area contributed by atoms with Crippen molar-refractivity contribution in [2.75, 3.05) is 0 Å². The third-order valence-corrected chi connectivity index (χ3v) is 0. The molecule has 0 saturated heterocycles. The van der Waals surface area contributed by atoms with Gasteiger partial charge in [0, 0.05) is 0 Å². The average Bonchev–Trinajstić information content (AvgIpc) is 1.81. The Morgan fingerprint density at radius 1 is 0.833 bits per heavy atom. The van der Waals surface area contributed by atoms with E-state index in [9.17, 15) is 0 Å². The van der Waals surface area contributed by atoms with Crippen molar-refractivity contribution in [1.29, 1.82) is 0 Å². The first kappa shape index (κ1) is 15.6. The van der Waals surface area contributed by atoms with E-state index in [0.29, 0.717) is 64.3 Å². The van der Waals surface area contributed by atoms with Crippen molar-refractivity contribution in [3.05, 3.63) is 0 Å². The van der Waals surface area contributed by atoms with E-state index in [-0.39, 0.29) is 0 Å². The molecule has 0 unspecified atom stereocenters. The van der Waals surface area contributed by atoms with Crippen molar-refractivity contribution in [3.8, 4) is 0 Å². The van der Waals surface area contributed by atoms with Gasteiger partial charge in [-0.05, 0) is 0 Å². The molecule has 0 fully saturated rings. The van der Waals surface area contributed by atoms with Crippen molar-refractivity contribution in [2.45, 2.75) is 0 Å². The van der Waals surface area contributed by atoms with Crippen LogP contribution in [0.4, 0.5) is 0 Å². The Kier molecular flexibility index (Phi) is 202. The van der Waals surface area contributed by atoms with Gasteiger partial charge in [0.2, 0.25) is 0 Å². The van der Waals surface area contributed by atoms with Crippen LogP contribution in [-0.2, 0) is 73.9 Å². The summed E-state index contributed by atoms with van der Waals surface area (Å²) in [5.41, 5.74) is 0. The van der Waals surface area contributed by atoms with Crippen molar-refractivity contribution >= 4 is 0 Å². The molecule has 0 aliphatic carbocycles. The van der Waals surface area contributed by atoms with Gasteiger partial charge in [-0.3, -0.25) is 0 Å². The maximum absolute atomic E-state index is 8.34. The van der Waals surface area contributed by atoms with E-state index in [4.69, 9.17) is 9.61 Å². The van der Waals surface area contributed by atoms with Crippen LogP contribution in [0.15, 0.2) is 0 Å². The summed E-state index contributed by atoms with van der Waals surface area (Å²) in [6, 6.07) is 0. The van der Waals surface area contributed by atoms with Gasteiger partial charge in [0.1, 0.15) is 0 Å². The molecule has 0 aromatic heterocycles. The van der Waals surface area contributed by atoms with Crippen LogP contribution in [0.5, 0.6) is 0 Å².